The van der Waals surface area contributed by atoms with Crippen molar-refractivity contribution in [3.05, 3.63) is 0 Å². The average molecular weight is 129 g/mol. The average Bonchev–Trinajstić information content (AvgIpc) is 1.65. The molecule has 0 aromatic rings. The van der Waals surface area contributed by atoms with Crippen molar-refractivity contribution in [2.45, 2.75) is 26.6 Å². The van der Waals surface area contributed by atoms with Gasteiger partial charge in [-0.1, -0.05) is 13.8 Å². The lowest BCUT2D eigenvalue weighted by Crippen LogP contribution is -2.28. The summed E-state index contributed by atoms with van der Waals surface area (Å²) in [7, 11) is 0. The lowest BCUT2D eigenvalue weighted by Gasteiger charge is -2.22. The fraction of sp³-hybridized carbons (Fsp3) is 0.833. The second kappa shape index (κ2) is 2.81. The van der Waals surface area contributed by atoms with Crippen LogP contribution in [-0.2, 0) is 0 Å². The number of hydrogen-bond donors (Lipinski definition) is 2. The van der Waals surface area contributed by atoms with Crippen LogP contribution in [0.3, 0.4) is 0 Å². The monoisotopic (exact) mass is 129 g/mol. The number of rotatable bonds is 2. The Morgan fingerprint density at radius 1 is 1.56 bits per heavy atom. The van der Waals surface area contributed by atoms with Crippen molar-refractivity contribution in [2.75, 3.05) is 0 Å². The Bertz CT molecular complexity index is 124. The van der Waals surface area contributed by atoms with E-state index in [2.05, 4.69) is 0 Å². The third kappa shape index (κ3) is 2.45. The van der Waals surface area contributed by atoms with E-state index in [9.17, 15) is 0 Å². The number of hydrogen-bond acceptors (Lipinski definition) is 3. The Kier molecular flexibility index (Phi) is 2.63. The van der Waals surface area contributed by atoms with Crippen LogP contribution in [0.5, 0.6) is 0 Å². The third-order valence-corrected chi connectivity index (χ3v) is 1.23. The molecule has 0 aliphatic heterocycles. The Morgan fingerprint density at radius 2 is 2.00 bits per heavy atom. The first-order valence-electron chi connectivity index (χ1n) is 2.74. The molecule has 9 heavy (non-hydrogen) atoms. The van der Waals surface area contributed by atoms with Gasteiger partial charge in [0.15, 0.2) is 6.29 Å². The zero-order valence-corrected chi connectivity index (χ0v) is 5.63. The summed E-state index contributed by atoms with van der Waals surface area (Å²) in [4.78, 5) is 0. The molecule has 52 valence electrons. The second-order valence-electron chi connectivity index (χ2n) is 2.70. The van der Waals surface area contributed by atoms with Crippen LogP contribution in [-0.4, -0.2) is 16.5 Å². The lowest BCUT2D eigenvalue weighted by atomic mass is 9.89. The van der Waals surface area contributed by atoms with Crippen LogP contribution < -0.4 is 0 Å². The van der Waals surface area contributed by atoms with Gasteiger partial charge in [0, 0.05) is 11.8 Å². The summed E-state index contributed by atoms with van der Waals surface area (Å²) in [5, 5.41) is 25.4. The van der Waals surface area contributed by atoms with E-state index in [0.717, 1.165) is 0 Å². The van der Waals surface area contributed by atoms with Crippen molar-refractivity contribution in [1.82, 2.24) is 0 Å². The molecule has 0 aliphatic rings. The molecule has 0 aromatic heterocycles. The van der Waals surface area contributed by atoms with Gasteiger partial charge in [0.25, 0.3) is 0 Å². The number of nitriles is 1. The van der Waals surface area contributed by atoms with E-state index in [-0.39, 0.29) is 6.42 Å². The van der Waals surface area contributed by atoms with E-state index >= 15 is 0 Å². The number of aliphatic hydroxyl groups excluding tert-OH is 1. The van der Waals surface area contributed by atoms with E-state index in [4.69, 9.17) is 15.5 Å². The summed E-state index contributed by atoms with van der Waals surface area (Å²) in [6.45, 7) is 3.25. The molecule has 3 heteroatoms. The standard InChI is InChI=1S/C6H11NO2/c1-6(2,3-4-7)5(8)9/h5,8-9H,3H2,1-2H3. The van der Waals surface area contributed by atoms with E-state index in [1.54, 1.807) is 13.8 Å². The van der Waals surface area contributed by atoms with Crippen molar-refractivity contribution in [1.29, 1.82) is 5.26 Å². The quantitative estimate of drug-likeness (QED) is 0.525. The molecule has 0 aliphatic carbocycles. The van der Waals surface area contributed by atoms with Crippen LogP contribution in [0.25, 0.3) is 0 Å². The van der Waals surface area contributed by atoms with Gasteiger partial charge in [0.1, 0.15) is 0 Å². The molecule has 0 rings (SSSR count). The van der Waals surface area contributed by atoms with E-state index in [1.165, 1.54) is 0 Å². The summed E-state index contributed by atoms with van der Waals surface area (Å²) in [6, 6.07) is 1.87. The minimum atomic E-state index is -1.41. The molecule has 0 spiro atoms. The zero-order chi connectivity index (χ0) is 7.49. The molecule has 2 N–H and O–H groups in total. The predicted octanol–water partition coefficient (Wildman–Crippen LogP) is 0.237. The normalized spacial score (nSPS) is 11.6. The molecule has 0 heterocycles. The van der Waals surface area contributed by atoms with Crippen LogP contribution in [0.15, 0.2) is 0 Å². The summed E-state index contributed by atoms with van der Waals surface area (Å²) < 4.78 is 0. The van der Waals surface area contributed by atoms with Gasteiger partial charge < -0.3 is 10.2 Å². The second-order valence-corrected chi connectivity index (χ2v) is 2.70. The molecule has 3 nitrogen and oxygen atoms in total. The predicted molar refractivity (Wildman–Crippen MR) is 32.2 cm³/mol. The van der Waals surface area contributed by atoms with Crippen molar-refractivity contribution in [3.63, 3.8) is 0 Å². The minimum Gasteiger partial charge on any atom is -0.368 e. The highest BCUT2D eigenvalue weighted by Gasteiger charge is 2.25. The molecule has 0 fully saturated rings. The van der Waals surface area contributed by atoms with E-state index in [1.807, 2.05) is 6.07 Å². The zero-order valence-electron chi connectivity index (χ0n) is 5.63. The van der Waals surface area contributed by atoms with Crippen molar-refractivity contribution in [2.24, 2.45) is 5.41 Å². The first-order chi connectivity index (χ1) is 4.00. The highest BCUT2D eigenvalue weighted by Crippen LogP contribution is 2.22. The van der Waals surface area contributed by atoms with Gasteiger partial charge in [-0.3, -0.25) is 0 Å². The fourth-order valence-corrected chi connectivity index (χ4v) is 0.295. The molecular weight excluding hydrogens is 118 g/mol. The summed E-state index contributed by atoms with van der Waals surface area (Å²) in [5.41, 5.74) is -0.700. The molecule has 0 atom stereocenters. The van der Waals surface area contributed by atoms with Gasteiger partial charge in [-0.15, -0.1) is 0 Å². The van der Waals surface area contributed by atoms with Gasteiger partial charge in [-0.25, -0.2) is 0 Å². The highest BCUT2D eigenvalue weighted by molar-refractivity contribution is 4.83. The maximum atomic E-state index is 8.62. The molecular formula is C6H11NO2. The minimum absolute atomic E-state index is 0.157. The maximum Gasteiger partial charge on any atom is 0.157 e. The highest BCUT2D eigenvalue weighted by atomic mass is 16.5. The van der Waals surface area contributed by atoms with E-state index in [0.29, 0.717) is 0 Å². The number of aliphatic hydroxyl groups is 2. The fourth-order valence-electron chi connectivity index (χ4n) is 0.295. The molecule has 0 saturated carbocycles. The van der Waals surface area contributed by atoms with E-state index < -0.39 is 11.7 Å². The summed E-state index contributed by atoms with van der Waals surface area (Å²) in [5.74, 6) is 0. The van der Waals surface area contributed by atoms with Gasteiger partial charge in [0.05, 0.1) is 6.07 Å². The van der Waals surface area contributed by atoms with Crippen LogP contribution >= 0.6 is 0 Å². The topological polar surface area (TPSA) is 64.2 Å². The molecule has 0 unspecified atom stereocenters. The summed E-state index contributed by atoms with van der Waals surface area (Å²) in [6.07, 6.45) is -1.25. The first kappa shape index (κ1) is 8.41. The van der Waals surface area contributed by atoms with Crippen molar-refractivity contribution < 1.29 is 10.2 Å². The molecule has 0 aromatic carbocycles. The van der Waals surface area contributed by atoms with Gasteiger partial charge in [0.2, 0.25) is 0 Å². The van der Waals surface area contributed by atoms with Crippen molar-refractivity contribution >= 4 is 0 Å². The third-order valence-electron chi connectivity index (χ3n) is 1.23. The lowest BCUT2D eigenvalue weighted by molar-refractivity contribution is -0.119. The SMILES string of the molecule is CC(C)(CC#N)C(O)O. The van der Waals surface area contributed by atoms with Crippen LogP contribution in [0.2, 0.25) is 0 Å². The Balaban J connectivity index is 3.89. The number of nitrogens with zero attached hydrogens (tertiary/aromatic N) is 1. The smallest absolute Gasteiger partial charge is 0.157 e. The Labute approximate surface area is 54.5 Å². The maximum absolute atomic E-state index is 8.62. The Hall–Kier alpha value is -0.590. The van der Waals surface area contributed by atoms with Crippen LogP contribution in [0.1, 0.15) is 20.3 Å². The Morgan fingerprint density at radius 3 is 2.11 bits per heavy atom. The molecule has 0 saturated heterocycles. The first-order valence-corrected chi connectivity index (χ1v) is 2.74. The summed E-state index contributed by atoms with van der Waals surface area (Å²) >= 11 is 0. The van der Waals surface area contributed by atoms with Crippen LogP contribution in [0.4, 0.5) is 0 Å². The largest absolute Gasteiger partial charge is 0.368 e. The van der Waals surface area contributed by atoms with Gasteiger partial charge in [-0.2, -0.15) is 5.26 Å². The van der Waals surface area contributed by atoms with Gasteiger partial charge >= 0.3 is 0 Å². The molecule has 0 amide bonds. The van der Waals surface area contributed by atoms with Gasteiger partial charge in [-0.05, 0) is 0 Å². The van der Waals surface area contributed by atoms with Crippen molar-refractivity contribution in [3.8, 4) is 6.07 Å². The molecule has 0 bridgehead atoms. The van der Waals surface area contributed by atoms with Crippen LogP contribution in [0, 0.1) is 16.7 Å². The molecule has 0 radical (unpaired) electrons.